The van der Waals surface area contributed by atoms with E-state index in [0.29, 0.717) is 6.04 Å². The van der Waals surface area contributed by atoms with Crippen LogP contribution in [0.25, 0.3) is 0 Å². The van der Waals surface area contributed by atoms with Gasteiger partial charge in [0.2, 0.25) is 0 Å². The molecule has 0 amide bonds. The van der Waals surface area contributed by atoms with Gasteiger partial charge in [-0.05, 0) is 29.8 Å². The lowest BCUT2D eigenvalue weighted by Gasteiger charge is -2.12. The summed E-state index contributed by atoms with van der Waals surface area (Å²) in [5.41, 5.74) is 1.30. The van der Waals surface area contributed by atoms with Gasteiger partial charge in [-0.25, -0.2) is 4.98 Å². The van der Waals surface area contributed by atoms with E-state index in [1.807, 2.05) is 24.4 Å². The van der Waals surface area contributed by atoms with E-state index >= 15 is 0 Å². The lowest BCUT2D eigenvalue weighted by molar-refractivity contribution is 0.584. The van der Waals surface area contributed by atoms with Crippen LogP contribution in [0.3, 0.4) is 0 Å². The quantitative estimate of drug-likeness (QED) is 0.870. The van der Waals surface area contributed by atoms with Crippen molar-refractivity contribution in [2.75, 3.05) is 0 Å². The Balaban J connectivity index is 2.19. The Kier molecular flexibility index (Phi) is 5.43. The lowest BCUT2D eigenvalue weighted by Crippen LogP contribution is -2.22. The first-order valence-corrected chi connectivity index (χ1v) is 7.87. The Morgan fingerprint density at radius 2 is 2.11 bits per heavy atom. The monoisotopic (exact) mass is 336 g/mol. The molecule has 1 N–H and O–H groups in total. The minimum atomic E-state index is 0.483. The van der Waals surface area contributed by atoms with Crippen molar-refractivity contribution < 1.29 is 0 Å². The van der Waals surface area contributed by atoms with Gasteiger partial charge in [0.1, 0.15) is 5.03 Å². The van der Waals surface area contributed by atoms with Gasteiger partial charge in [0.15, 0.2) is 0 Å². The summed E-state index contributed by atoms with van der Waals surface area (Å²) in [6, 6.07) is 12.9. The second-order valence-corrected chi connectivity index (χ2v) is 6.54. The molecule has 0 aliphatic rings. The number of hydrogen-bond acceptors (Lipinski definition) is 3. The maximum Gasteiger partial charge on any atom is 0.101 e. The van der Waals surface area contributed by atoms with Gasteiger partial charge in [0.25, 0.3) is 0 Å². The zero-order chi connectivity index (χ0) is 13.7. The minimum absolute atomic E-state index is 0.483. The SMILES string of the molecule is CC(C)NCc1ccc(Br)cc1Sc1ccccn1. The number of pyridine rings is 1. The summed E-state index contributed by atoms with van der Waals surface area (Å²) < 4.78 is 1.10. The summed E-state index contributed by atoms with van der Waals surface area (Å²) >= 11 is 5.23. The summed E-state index contributed by atoms with van der Waals surface area (Å²) in [6.45, 7) is 5.19. The van der Waals surface area contributed by atoms with E-state index in [0.717, 1.165) is 16.0 Å². The third-order valence-corrected chi connectivity index (χ3v) is 4.13. The van der Waals surface area contributed by atoms with Crippen molar-refractivity contribution in [2.45, 2.75) is 36.4 Å². The largest absolute Gasteiger partial charge is 0.310 e. The second kappa shape index (κ2) is 7.08. The Bertz CT molecular complexity index is 529. The first-order chi connectivity index (χ1) is 9.15. The van der Waals surface area contributed by atoms with Crippen molar-refractivity contribution in [3.8, 4) is 0 Å². The Morgan fingerprint density at radius 3 is 2.79 bits per heavy atom. The average molecular weight is 337 g/mol. The summed E-state index contributed by atoms with van der Waals surface area (Å²) in [7, 11) is 0. The predicted molar refractivity (Wildman–Crippen MR) is 84.5 cm³/mol. The summed E-state index contributed by atoms with van der Waals surface area (Å²) in [6.07, 6.45) is 1.83. The van der Waals surface area contributed by atoms with Crippen LogP contribution in [0.4, 0.5) is 0 Å². The van der Waals surface area contributed by atoms with Crippen molar-refractivity contribution in [3.05, 3.63) is 52.6 Å². The number of hydrogen-bond donors (Lipinski definition) is 1. The maximum absolute atomic E-state index is 4.37. The van der Waals surface area contributed by atoms with E-state index in [-0.39, 0.29) is 0 Å². The topological polar surface area (TPSA) is 24.9 Å². The van der Waals surface area contributed by atoms with Crippen molar-refractivity contribution in [2.24, 2.45) is 0 Å². The Hall–Kier alpha value is -0.840. The maximum atomic E-state index is 4.37. The van der Waals surface area contributed by atoms with Crippen molar-refractivity contribution >= 4 is 27.7 Å². The second-order valence-electron chi connectivity index (χ2n) is 4.56. The zero-order valence-corrected chi connectivity index (χ0v) is 13.5. The highest BCUT2D eigenvalue weighted by atomic mass is 79.9. The fraction of sp³-hybridized carbons (Fsp3) is 0.267. The molecule has 1 aromatic carbocycles. The highest BCUT2D eigenvalue weighted by Gasteiger charge is 2.06. The van der Waals surface area contributed by atoms with Crippen molar-refractivity contribution in [1.82, 2.24) is 10.3 Å². The van der Waals surface area contributed by atoms with Crippen LogP contribution < -0.4 is 5.32 Å². The normalized spacial score (nSPS) is 10.9. The van der Waals surface area contributed by atoms with E-state index in [1.165, 1.54) is 10.5 Å². The van der Waals surface area contributed by atoms with Gasteiger partial charge in [-0.2, -0.15) is 0 Å². The Morgan fingerprint density at radius 1 is 1.26 bits per heavy atom. The smallest absolute Gasteiger partial charge is 0.101 e. The van der Waals surface area contributed by atoms with Gasteiger partial charge in [0.05, 0.1) is 0 Å². The van der Waals surface area contributed by atoms with Crippen LogP contribution >= 0.6 is 27.7 Å². The van der Waals surface area contributed by atoms with E-state index in [4.69, 9.17) is 0 Å². The van der Waals surface area contributed by atoms with Crippen LogP contribution in [0.1, 0.15) is 19.4 Å². The van der Waals surface area contributed by atoms with E-state index in [9.17, 15) is 0 Å². The van der Waals surface area contributed by atoms with Crippen molar-refractivity contribution in [1.29, 1.82) is 0 Å². The molecule has 0 aliphatic heterocycles. The molecule has 0 aliphatic carbocycles. The molecule has 0 spiro atoms. The van der Waals surface area contributed by atoms with Crippen molar-refractivity contribution in [3.63, 3.8) is 0 Å². The minimum Gasteiger partial charge on any atom is -0.310 e. The molecule has 4 heteroatoms. The number of rotatable bonds is 5. The Labute approximate surface area is 127 Å². The average Bonchev–Trinajstić information content (AvgIpc) is 2.39. The molecule has 0 saturated heterocycles. The lowest BCUT2D eigenvalue weighted by atomic mass is 10.2. The van der Waals surface area contributed by atoms with Crippen LogP contribution in [-0.2, 0) is 6.54 Å². The van der Waals surface area contributed by atoms with Crippen LogP contribution in [0.2, 0.25) is 0 Å². The molecule has 0 atom stereocenters. The molecule has 19 heavy (non-hydrogen) atoms. The molecular formula is C15H17BrN2S. The van der Waals surface area contributed by atoms with Gasteiger partial charge >= 0.3 is 0 Å². The van der Waals surface area contributed by atoms with Crippen LogP contribution in [0, 0.1) is 0 Å². The van der Waals surface area contributed by atoms with Gasteiger partial charge in [-0.3, -0.25) is 0 Å². The molecule has 100 valence electrons. The van der Waals surface area contributed by atoms with E-state index < -0.39 is 0 Å². The number of aromatic nitrogens is 1. The van der Waals surface area contributed by atoms with Gasteiger partial charge in [0, 0.05) is 28.2 Å². The molecule has 0 radical (unpaired) electrons. The summed E-state index contributed by atoms with van der Waals surface area (Å²) in [5, 5.41) is 4.48. The van der Waals surface area contributed by atoms with E-state index in [2.05, 4.69) is 58.3 Å². The number of nitrogens with zero attached hydrogens (tertiary/aromatic N) is 1. The summed E-state index contributed by atoms with van der Waals surface area (Å²) in [5.74, 6) is 0. The molecule has 2 nitrogen and oxygen atoms in total. The number of benzene rings is 1. The number of nitrogens with one attached hydrogen (secondary N) is 1. The van der Waals surface area contributed by atoms with Crippen LogP contribution in [-0.4, -0.2) is 11.0 Å². The molecule has 0 bridgehead atoms. The summed E-state index contributed by atoms with van der Waals surface area (Å²) in [4.78, 5) is 5.60. The highest BCUT2D eigenvalue weighted by molar-refractivity contribution is 9.10. The molecule has 0 unspecified atom stereocenters. The highest BCUT2D eigenvalue weighted by Crippen LogP contribution is 2.31. The van der Waals surface area contributed by atoms with Crippen LogP contribution in [0.5, 0.6) is 0 Å². The third-order valence-electron chi connectivity index (χ3n) is 2.58. The molecular weight excluding hydrogens is 320 g/mol. The van der Waals surface area contributed by atoms with Gasteiger partial charge in [-0.1, -0.05) is 53.7 Å². The third kappa shape index (κ3) is 4.64. The van der Waals surface area contributed by atoms with Gasteiger partial charge < -0.3 is 5.32 Å². The molecule has 2 rings (SSSR count). The first-order valence-electron chi connectivity index (χ1n) is 6.26. The fourth-order valence-electron chi connectivity index (χ4n) is 1.60. The number of halogens is 1. The molecule has 0 fully saturated rings. The molecule has 1 aromatic heterocycles. The first kappa shape index (κ1) is 14.6. The van der Waals surface area contributed by atoms with Gasteiger partial charge in [-0.15, -0.1) is 0 Å². The fourth-order valence-corrected chi connectivity index (χ4v) is 3.06. The standard InChI is InChI=1S/C15H17BrN2S/c1-11(2)18-10-12-6-7-13(16)9-14(12)19-15-5-3-4-8-17-15/h3-9,11,18H,10H2,1-2H3. The van der Waals surface area contributed by atoms with Crippen LogP contribution in [0.15, 0.2) is 57.0 Å². The van der Waals surface area contributed by atoms with E-state index in [1.54, 1.807) is 11.8 Å². The molecule has 1 heterocycles. The predicted octanol–water partition coefficient (Wildman–Crippen LogP) is 4.49. The zero-order valence-electron chi connectivity index (χ0n) is 11.1. The molecule has 2 aromatic rings. The molecule has 0 saturated carbocycles.